The molecule has 0 radical (unpaired) electrons. The Kier molecular flexibility index (Phi) is 4.25. The Bertz CT molecular complexity index is 428. The molecule has 1 aliphatic rings. The largest absolute Gasteiger partial charge is 0.459 e. The molecule has 1 fully saturated rings. The van der Waals surface area contributed by atoms with Crippen molar-refractivity contribution < 1.29 is 9.53 Å². The number of ether oxygens (including phenoxy) is 1. The summed E-state index contributed by atoms with van der Waals surface area (Å²) in [7, 11) is 0. The first-order valence-electron chi connectivity index (χ1n) is 6.27. The van der Waals surface area contributed by atoms with E-state index in [1.807, 2.05) is 25.1 Å². The van der Waals surface area contributed by atoms with E-state index in [1.165, 1.54) is 0 Å². The maximum Gasteiger partial charge on any atom is 0.326 e. The summed E-state index contributed by atoms with van der Waals surface area (Å²) < 4.78 is 5.37. The highest BCUT2D eigenvalue weighted by atomic mass is 35.5. The highest BCUT2D eigenvalue weighted by Gasteiger charge is 2.35. The summed E-state index contributed by atoms with van der Waals surface area (Å²) in [6, 6.07) is 7.41. The number of benzene rings is 1. The summed E-state index contributed by atoms with van der Waals surface area (Å²) >= 11 is 6.02. The molecule has 0 spiro atoms. The second-order valence-corrected chi connectivity index (χ2v) is 5.29. The maximum absolute atomic E-state index is 12.1. The molecule has 0 amide bonds. The molecular weight excluding hydrogens is 250 g/mol. The van der Waals surface area contributed by atoms with Crippen LogP contribution in [0.25, 0.3) is 0 Å². The topological polar surface area (TPSA) is 38.3 Å². The number of halogens is 1. The predicted octanol–water partition coefficient (Wildman–Crippen LogP) is 2.92. The molecule has 98 valence electrons. The summed E-state index contributed by atoms with van der Waals surface area (Å²) in [5.74, 6) is -0.192. The van der Waals surface area contributed by atoms with Gasteiger partial charge in [-0.25, -0.2) is 0 Å². The van der Waals surface area contributed by atoms with Crippen molar-refractivity contribution in [2.24, 2.45) is 0 Å². The van der Waals surface area contributed by atoms with Gasteiger partial charge in [0, 0.05) is 10.6 Å². The Balaban J connectivity index is 1.94. The van der Waals surface area contributed by atoms with Crippen LogP contribution in [0.4, 0.5) is 0 Å². The number of rotatable bonds is 3. The standard InChI is InChI=1S/C14H18ClNO2/c1-14(8-4-5-9-16-14)13(17)18-10-11-6-2-3-7-12(11)15/h2-3,6-7,16H,4-5,8-10H2,1H3. The fraction of sp³-hybridized carbons (Fsp3) is 0.500. The molecule has 1 unspecified atom stereocenters. The third-order valence-electron chi connectivity index (χ3n) is 3.39. The highest BCUT2D eigenvalue weighted by molar-refractivity contribution is 6.31. The Labute approximate surface area is 112 Å². The van der Waals surface area contributed by atoms with Crippen LogP contribution in [0.2, 0.25) is 5.02 Å². The first-order chi connectivity index (χ1) is 8.62. The van der Waals surface area contributed by atoms with Gasteiger partial charge in [-0.3, -0.25) is 4.79 Å². The zero-order valence-electron chi connectivity index (χ0n) is 10.5. The number of hydrogen-bond acceptors (Lipinski definition) is 3. The van der Waals surface area contributed by atoms with Crippen molar-refractivity contribution in [1.29, 1.82) is 0 Å². The van der Waals surface area contributed by atoms with Crippen LogP contribution >= 0.6 is 11.6 Å². The highest BCUT2D eigenvalue weighted by Crippen LogP contribution is 2.22. The van der Waals surface area contributed by atoms with Gasteiger partial charge in [-0.1, -0.05) is 29.8 Å². The molecule has 1 heterocycles. The minimum absolute atomic E-state index is 0.192. The average molecular weight is 268 g/mol. The number of piperidine rings is 1. The van der Waals surface area contributed by atoms with Crippen molar-refractivity contribution in [3.63, 3.8) is 0 Å². The lowest BCUT2D eigenvalue weighted by molar-refractivity contribution is -0.153. The SMILES string of the molecule is CC1(C(=O)OCc2ccccc2Cl)CCCCN1. The van der Waals surface area contributed by atoms with Crippen LogP contribution in [0, 0.1) is 0 Å². The van der Waals surface area contributed by atoms with E-state index >= 15 is 0 Å². The van der Waals surface area contributed by atoms with Crippen LogP contribution in [-0.4, -0.2) is 18.1 Å². The van der Waals surface area contributed by atoms with Gasteiger partial charge in [0.2, 0.25) is 0 Å². The molecule has 0 aromatic heterocycles. The van der Waals surface area contributed by atoms with E-state index in [1.54, 1.807) is 6.07 Å². The van der Waals surface area contributed by atoms with E-state index in [2.05, 4.69) is 5.32 Å². The molecule has 3 nitrogen and oxygen atoms in total. The van der Waals surface area contributed by atoms with Crippen molar-refractivity contribution in [2.75, 3.05) is 6.54 Å². The van der Waals surface area contributed by atoms with Crippen LogP contribution in [0.1, 0.15) is 31.7 Å². The predicted molar refractivity (Wildman–Crippen MR) is 71.5 cm³/mol. The van der Waals surface area contributed by atoms with Gasteiger partial charge in [-0.2, -0.15) is 0 Å². The van der Waals surface area contributed by atoms with E-state index in [9.17, 15) is 4.79 Å². The molecule has 1 N–H and O–H groups in total. The Morgan fingerprint density at radius 2 is 2.22 bits per heavy atom. The maximum atomic E-state index is 12.1. The van der Waals surface area contributed by atoms with Crippen molar-refractivity contribution in [2.45, 2.75) is 38.3 Å². The first kappa shape index (κ1) is 13.4. The number of esters is 1. The lowest BCUT2D eigenvalue weighted by Gasteiger charge is -2.32. The van der Waals surface area contributed by atoms with E-state index in [0.29, 0.717) is 5.02 Å². The van der Waals surface area contributed by atoms with Crippen molar-refractivity contribution in [3.8, 4) is 0 Å². The van der Waals surface area contributed by atoms with Gasteiger partial charge in [0.1, 0.15) is 12.1 Å². The smallest absolute Gasteiger partial charge is 0.326 e. The average Bonchev–Trinajstić information content (AvgIpc) is 2.38. The Hall–Kier alpha value is -1.06. The lowest BCUT2D eigenvalue weighted by Crippen LogP contribution is -2.52. The molecule has 1 aliphatic heterocycles. The zero-order chi connectivity index (χ0) is 13.0. The molecule has 0 saturated carbocycles. The Morgan fingerprint density at radius 3 is 2.89 bits per heavy atom. The first-order valence-corrected chi connectivity index (χ1v) is 6.65. The quantitative estimate of drug-likeness (QED) is 0.856. The number of carbonyl (C=O) groups excluding carboxylic acids is 1. The van der Waals surface area contributed by atoms with Gasteiger partial charge in [0.15, 0.2) is 0 Å². The second kappa shape index (κ2) is 5.72. The minimum Gasteiger partial charge on any atom is -0.459 e. The second-order valence-electron chi connectivity index (χ2n) is 4.88. The van der Waals surface area contributed by atoms with Gasteiger partial charge in [0.05, 0.1) is 0 Å². The van der Waals surface area contributed by atoms with Crippen molar-refractivity contribution >= 4 is 17.6 Å². The molecular formula is C14H18ClNO2. The molecule has 18 heavy (non-hydrogen) atoms. The molecule has 1 aromatic carbocycles. The molecule has 1 aromatic rings. The minimum atomic E-state index is -0.542. The molecule has 0 aliphatic carbocycles. The van der Waals surface area contributed by atoms with E-state index in [4.69, 9.17) is 16.3 Å². The van der Waals surface area contributed by atoms with E-state index in [0.717, 1.165) is 31.4 Å². The molecule has 4 heteroatoms. The molecule has 2 rings (SSSR count). The molecule has 0 bridgehead atoms. The van der Waals surface area contributed by atoms with Gasteiger partial charge < -0.3 is 10.1 Å². The fourth-order valence-corrected chi connectivity index (χ4v) is 2.34. The normalized spacial score (nSPS) is 23.7. The van der Waals surface area contributed by atoms with Gasteiger partial charge in [-0.15, -0.1) is 0 Å². The molecule has 1 saturated heterocycles. The molecule has 1 atom stereocenters. The number of carbonyl (C=O) groups is 1. The zero-order valence-corrected chi connectivity index (χ0v) is 11.3. The van der Waals surface area contributed by atoms with E-state index in [-0.39, 0.29) is 12.6 Å². The number of nitrogens with one attached hydrogen (secondary N) is 1. The van der Waals surface area contributed by atoms with Crippen LogP contribution in [-0.2, 0) is 16.1 Å². The van der Waals surface area contributed by atoms with E-state index < -0.39 is 5.54 Å². The lowest BCUT2D eigenvalue weighted by atomic mass is 9.91. The third-order valence-corrected chi connectivity index (χ3v) is 3.75. The van der Waals surface area contributed by atoms with Crippen LogP contribution in [0.5, 0.6) is 0 Å². The van der Waals surface area contributed by atoms with Crippen molar-refractivity contribution in [3.05, 3.63) is 34.9 Å². The number of hydrogen-bond donors (Lipinski definition) is 1. The van der Waals surface area contributed by atoms with Gasteiger partial charge in [0.25, 0.3) is 0 Å². The summed E-state index contributed by atoms with van der Waals surface area (Å²) in [4.78, 5) is 12.1. The van der Waals surface area contributed by atoms with Gasteiger partial charge in [-0.05, 0) is 38.8 Å². The Morgan fingerprint density at radius 1 is 1.44 bits per heavy atom. The monoisotopic (exact) mass is 267 g/mol. The summed E-state index contributed by atoms with van der Waals surface area (Å²) in [5.41, 5.74) is 0.298. The third kappa shape index (κ3) is 3.03. The summed E-state index contributed by atoms with van der Waals surface area (Å²) in [6.07, 6.45) is 3.01. The fourth-order valence-electron chi connectivity index (χ4n) is 2.15. The summed E-state index contributed by atoms with van der Waals surface area (Å²) in [5, 5.41) is 3.87. The van der Waals surface area contributed by atoms with Crippen molar-refractivity contribution in [1.82, 2.24) is 5.32 Å². The van der Waals surface area contributed by atoms with Crippen LogP contribution < -0.4 is 5.32 Å². The summed E-state index contributed by atoms with van der Waals surface area (Å²) in [6.45, 7) is 3.01. The van der Waals surface area contributed by atoms with Crippen LogP contribution in [0.15, 0.2) is 24.3 Å². The van der Waals surface area contributed by atoms with Crippen LogP contribution in [0.3, 0.4) is 0 Å². The van der Waals surface area contributed by atoms with Gasteiger partial charge >= 0.3 is 5.97 Å².